The van der Waals surface area contributed by atoms with Gasteiger partial charge >= 0.3 is 0 Å². The first-order valence-corrected chi connectivity index (χ1v) is 8.75. The number of rotatable bonds is 5. The minimum Gasteiger partial charge on any atom is -0.273 e. The molecule has 0 bridgehead atoms. The van der Waals surface area contributed by atoms with E-state index in [1.54, 1.807) is 11.6 Å². The van der Waals surface area contributed by atoms with Crippen LogP contribution in [0.15, 0.2) is 60.7 Å². The number of carbonyl (C=O) groups excluding carboxylic acids is 2. The Bertz CT molecular complexity index is 934. The summed E-state index contributed by atoms with van der Waals surface area (Å²) in [4.78, 5) is 24.5. The van der Waals surface area contributed by atoms with Crippen molar-refractivity contribution in [1.82, 2.24) is 20.6 Å². The van der Waals surface area contributed by atoms with E-state index in [2.05, 4.69) is 16.0 Å². The third kappa shape index (κ3) is 4.61. The van der Waals surface area contributed by atoms with Crippen LogP contribution in [0.25, 0.3) is 0 Å². The molecule has 0 atom stereocenters. The Morgan fingerprint density at radius 3 is 2.11 bits per heavy atom. The molecular weight excluding hydrogens is 340 g/mol. The van der Waals surface area contributed by atoms with Crippen LogP contribution in [0.5, 0.6) is 0 Å². The molecule has 0 radical (unpaired) electrons. The second-order valence-electron chi connectivity index (χ2n) is 6.35. The minimum atomic E-state index is -0.370. The van der Waals surface area contributed by atoms with Crippen LogP contribution in [0.2, 0.25) is 0 Å². The highest BCUT2D eigenvalue weighted by atomic mass is 16.2. The Hall–Kier alpha value is -3.41. The summed E-state index contributed by atoms with van der Waals surface area (Å²) in [6, 6.07) is 19.3. The molecule has 1 aromatic heterocycles. The second kappa shape index (κ2) is 8.31. The van der Waals surface area contributed by atoms with Crippen molar-refractivity contribution in [2.75, 3.05) is 0 Å². The lowest BCUT2D eigenvalue weighted by Crippen LogP contribution is -2.42. The van der Waals surface area contributed by atoms with Gasteiger partial charge in [-0.25, -0.2) is 0 Å². The zero-order valence-electron chi connectivity index (χ0n) is 15.4. The Morgan fingerprint density at radius 2 is 1.48 bits per heavy atom. The van der Waals surface area contributed by atoms with Crippen LogP contribution in [-0.2, 0) is 17.8 Å². The fourth-order valence-corrected chi connectivity index (χ4v) is 2.95. The SMILES string of the molecule is Cc1nn(Cc2ccccc2)c(C)c1C(=O)NNC(=O)Cc1ccccc1. The van der Waals surface area contributed by atoms with E-state index < -0.39 is 0 Å². The molecule has 0 aliphatic carbocycles. The molecule has 2 amide bonds. The molecule has 0 spiro atoms. The molecule has 2 aromatic carbocycles. The number of hydrazine groups is 1. The molecule has 0 saturated carbocycles. The molecule has 0 saturated heterocycles. The van der Waals surface area contributed by atoms with Crippen molar-refractivity contribution in [2.24, 2.45) is 0 Å². The molecule has 0 fully saturated rings. The van der Waals surface area contributed by atoms with Crippen molar-refractivity contribution in [3.8, 4) is 0 Å². The number of aryl methyl sites for hydroxylation is 1. The maximum absolute atomic E-state index is 12.5. The normalized spacial score (nSPS) is 10.4. The lowest BCUT2D eigenvalue weighted by molar-refractivity contribution is -0.121. The number of aromatic nitrogens is 2. The van der Waals surface area contributed by atoms with Gasteiger partial charge in [-0.15, -0.1) is 0 Å². The quantitative estimate of drug-likeness (QED) is 0.685. The Labute approximate surface area is 158 Å². The largest absolute Gasteiger partial charge is 0.273 e. The highest BCUT2D eigenvalue weighted by Crippen LogP contribution is 2.14. The zero-order chi connectivity index (χ0) is 19.2. The number of hydrogen-bond donors (Lipinski definition) is 2. The molecular formula is C21H22N4O2. The third-order valence-electron chi connectivity index (χ3n) is 4.31. The van der Waals surface area contributed by atoms with Crippen LogP contribution in [0.4, 0.5) is 0 Å². The van der Waals surface area contributed by atoms with Crippen LogP contribution in [0.1, 0.15) is 32.9 Å². The van der Waals surface area contributed by atoms with Crippen molar-refractivity contribution in [3.05, 3.63) is 88.7 Å². The van der Waals surface area contributed by atoms with E-state index in [-0.39, 0.29) is 18.2 Å². The van der Waals surface area contributed by atoms with Gasteiger partial charge in [-0.1, -0.05) is 60.7 Å². The summed E-state index contributed by atoms with van der Waals surface area (Å²) in [5.41, 5.74) is 8.79. The first-order valence-electron chi connectivity index (χ1n) is 8.75. The monoisotopic (exact) mass is 362 g/mol. The molecule has 6 heteroatoms. The number of nitrogens with zero attached hydrogens (tertiary/aromatic N) is 2. The predicted molar refractivity (Wildman–Crippen MR) is 103 cm³/mol. The lowest BCUT2D eigenvalue weighted by atomic mass is 10.1. The molecule has 3 rings (SSSR count). The topological polar surface area (TPSA) is 76.0 Å². The average Bonchev–Trinajstić information content (AvgIpc) is 2.95. The van der Waals surface area contributed by atoms with Crippen LogP contribution in [0, 0.1) is 13.8 Å². The van der Waals surface area contributed by atoms with Gasteiger partial charge in [0.15, 0.2) is 0 Å². The highest BCUT2D eigenvalue weighted by molar-refractivity contribution is 5.97. The van der Waals surface area contributed by atoms with E-state index in [1.807, 2.05) is 67.6 Å². The lowest BCUT2D eigenvalue weighted by Gasteiger charge is -2.08. The Balaban J connectivity index is 1.63. The van der Waals surface area contributed by atoms with Gasteiger partial charge in [-0.2, -0.15) is 5.10 Å². The number of amides is 2. The maximum Gasteiger partial charge on any atom is 0.273 e. The maximum atomic E-state index is 12.5. The molecule has 1 heterocycles. The van der Waals surface area contributed by atoms with Gasteiger partial charge in [0.05, 0.1) is 24.2 Å². The van der Waals surface area contributed by atoms with Crippen molar-refractivity contribution in [3.63, 3.8) is 0 Å². The summed E-state index contributed by atoms with van der Waals surface area (Å²) >= 11 is 0. The van der Waals surface area contributed by atoms with Crippen LogP contribution in [0.3, 0.4) is 0 Å². The summed E-state index contributed by atoms with van der Waals surface area (Å²) in [6.07, 6.45) is 0.201. The van der Waals surface area contributed by atoms with E-state index in [9.17, 15) is 9.59 Å². The summed E-state index contributed by atoms with van der Waals surface area (Å²) in [5, 5.41) is 4.46. The van der Waals surface area contributed by atoms with Gasteiger partial charge in [0, 0.05) is 5.69 Å². The smallest absolute Gasteiger partial charge is 0.273 e. The van der Waals surface area contributed by atoms with Crippen LogP contribution in [-0.4, -0.2) is 21.6 Å². The first kappa shape index (κ1) is 18.4. The van der Waals surface area contributed by atoms with E-state index in [4.69, 9.17) is 0 Å². The standard InChI is InChI=1S/C21H22N4O2/c1-15-20(16(2)25(24-15)14-18-11-7-4-8-12-18)21(27)23-22-19(26)13-17-9-5-3-6-10-17/h3-12H,13-14H2,1-2H3,(H,22,26)(H,23,27). The first-order chi connectivity index (χ1) is 13.0. The van der Waals surface area contributed by atoms with Crippen LogP contribution >= 0.6 is 0 Å². The third-order valence-corrected chi connectivity index (χ3v) is 4.31. The number of hydrogen-bond acceptors (Lipinski definition) is 3. The number of benzene rings is 2. The van der Waals surface area contributed by atoms with Crippen molar-refractivity contribution >= 4 is 11.8 Å². The van der Waals surface area contributed by atoms with Gasteiger partial charge in [-0.05, 0) is 25.0 Å². The fourth-order valence-electron chi connectivity index (χ4n) is 2.95. The van der Waals surface area contributed by atoms with E-state index >= 15 is 0 Å². The molecule has 3 aromatic rings. The van der Waals surface area contributed by atoms with E-state index in [1.165, 1.54) is 0 Å². The van der Waals surface area contributed by atoms with Gasteiger partial charge in [0.1, 0.15) is 0 Å². The van der Waals surface area contributed by atoms with Gasteiger partial charge in [0.2, 0.25) is 5.91 Å². The van der Waals surface area contributed by atoms with Crippen LogP contribution < -0.4 is 10.9 Å². The number of nitrogens with one attached hydrogen (secondary N) is 2. The summed E-state index contributed by atoms with van der Waals surface area (Å²) in [5.74, 6) is -0.646. The van der Waals surface area contributed by atoms with E-state index in [0.717, 1.165) is 16.8 Å². The average molecular weight is 362 g/mol. The molecule has 27 heavy (non-hydrogen) atoms. The predicted octanol–water partition coefficient (Wildman–Crippen LogP) is 2.55. The molecule has 0 unspecified atom stereocenters. The molecule has 138 valence electrons. The second-order valence-corrected chi connectivity index (χ2v) is 6.35. The molecule has 2 N–H and O–H groups in total. The summed E-state index contributed by atoms with van der Waals surface area (Å²) in [6.45, 7) is 4.22. The van der Waals surface area contributed by atoms with E-state index in [0.29, 0.717) is 17.8 Å². The van der Waals surface area contributed by atoms with Gasteiger partial charge in [0.25, 0.3) is 5.91 Å². The minimum absolute atomic E-state index is 0.201. The molecule has 0 aliphatic heterocycles. The van der Waals surface area contributed by atoms with Gasteiger partial charge in [-0.3, -0.25) is 25.1 Å². The highest BCUT2D eigenvalue weighted by Gasteiger charge is 2.19. The molecule has 0 aliphatic rings. The molecule has 6 nitrogen and oxygen atoms in total. The van der Waals surface area contributed by atoms with Crippen molar-refractivity contribution in [1.29, 1.82) is 0 Å². The fraction of sp³-hybridized carbons (Fsp3) is 0.190. The van der Waals surface area contributed by atoms with Crippen molar-refractivity contribution in [2.45, 2.75) is 26.8 Å². The summed E-state index contributed by atoms with van der Waals surface area (Å²) in [7, 11) is 0. The van der Waals surface area contributed by atoms with Crippen molar-refractivity contribution < 1.29 is 9.59 Å². The number of carbonyl (C=O) groups is 2. The Morgan fingerprint density at radius 1 is 0.889 bits per heavy atom. The zero-order valence-corrected chi connectivity index (χ0v) is 15.4. The Kier molecular flexibility index (Phi) is 5.66. The van der Waals surface area contributed by atoms with Gasteiger partial charge < -0.3 is 0 Å². The summed E-state index contributed by atoms with van der Waals surface area (Å²) < 4.78 is 1.80.